The molecule has 2 aromatic rings. The Morgan fingerprint density at radius 1 is 0.473 bits per heavy atom. The molecular weight excluding hydrogens is 1180 g/mol. The average Bonchev–Trinajstić information content (AvgIpc) is 1.20. The third-order valence-electron chi connectivity index (χ3n) is 16.7. The van der Waals surface area contributed by atoms with E-state index in [1.807, 2.05) is 36.2 Å². The molecule has 3 aliphatic rings. The predicted molar refractivity (Wildman–Crippen MR) is 335 cm³/mol. The van der Waals surface area contributed by atoms with Crippen molar-refractivity contribution < 1.29 is 78.9 Å². The number of carbonyl (C=O) groups is 9. The average molecular weight is 1280 g/mol. The van der Waals surface area contributed by atoms with Crippen molar-refractivity contribution in [1.29, 1.82) is 0 Å². The number of rotatable bonds is 39. The number of unbranched alkanes of at least 4 members (excludes halogenated alkanes) is 8. The monoisotopic (exact) mass is 1280 g/mol. The number of carboxylic acid groups (broad SMARTS) is 7. The molecule has 0 bridgehead atoms. The molecule has 10 N–H and O–H groups in total. The molecule has 5 rings (SSSR count). The molecule has 30 heteroatoms. The molecule has 1 unspecified atom stereocenters. The van der Waals surface area contributed by atoms with E-state index in [0.29, 0.717) is 128 Å². The number of anilines is 2. The first-order valence-electron chi connectivity index (χ1n) is 32.1. The maximum atomic E-state index is 12.4. The van der Waals surface area contributed by atoms with Gasteiger partial charge in [0.05, 0.1) is 19.6 Å². The van der Waals surface area contributed by atoms with Gasteiger partial charge in [0.25, 0.3) is 0 Å². The maximum Gasteiger partial charge on any atom is 0.326 e. The molecule has 0 saturated carbocycles. The van der Waals surface area contributed by atoms with Gasteiger partial charge in [0.1, 0.15) is 17.9 Å². The van der Waals surface area contributed by atoms with Crippen molar-refractivity contribution in [3.8, 4) is 0 Å². The fourth-order valence-electron chi connectivity index (χ4n) is 11.5. The number of amides is 3. The number of nitrogens with zero attached hydrogens (tertiary/aromatic N) is 11. The van der Waals surface area contributed by atoms with Crippen LogP contribution in [0.15, 0.2) is 24.3 Å². The number of benzene rings is 1. The minimum Gasteiger partial charge on any atom is -0.481 e. The highest BCUT2D eigenvalue weighted by atomic mass is 16.4. The molecule has 30 nitrogen and oxygen atoms in total. The van der Waals surface area contributed by atoms with Gasteiger partial charge in [-0.15, -0.1) is 0 Å². The summed E-state index contributed by atoms with van der Waals surface area (Å²) in [5, 5.41) is 73.2. The van der Waals surface area contributed by atoms with Crippen molar-refractivity contribution >= 4 is 65.6 Å². The van der Waals surface area contributed by atoms with Crippen molar-refractivity contribution in [2.45, 2.75) is 134 Å². The second kappa shape index (κ2) is 40.5. The highest BCUT2D eigenvalue weighted by Crippen LogP contribution is 2.22. The summed E-state index contributed by atoms with van der Waals surface area (Å²) in [5.41, 5.74) is 1.98. The molecule has 1 aromatic carbocycles. The van der Waals surface area contributed by atoms with Crippen LogP contribution < -0.4 is 25.8 Å². The third kappa shape index (κ3) is 30.1. The van der Waals surface area contributed by atoms with Gasteiger partial charge in [-0.2, -0.15) is 15.0 Å². The van der Waals surface area contributed by atoms with E-state index in [1.165, 1.54) is 0 Å². The van der Waals surface area contributed by atoms with Crippen LogP contribution in [0.1, 0.15) is 120 Å². The van der Waals surface area contributed by atoms with Crippen LogP contribution in [0, 0.1) is 0 Å². The van der Waals surface area contributed by atoms with Gasteiger partial charge >= 0.3 is 47.8 Å². The predicted octanol–water partition coefficient (Wildman–Crippen LogP) is 1.46. The zero-order valence-electron chi connectivity index (χ0n) is 52.8. The largest absolute Gasteiger partial charge is 0.481 e. The SMILES string of the molecule is CN1CCN(CC(=O)O)CCN(CC(=O)O)CCN(CC(=O)O)C(Cc2ccc(Cc3nc(N4CCN(CCCCCCCCCCC(=O)NCCCC[C@H](NC(=O)N[C@@H](CCC(=O)O)C(=O)O)C(=O)O)CC4)nc(N4CCN(CCCC(=O)O)CC4)n3)cc2)C1. The van der Waals surface area contributed by atoms with E-state index in [1.54, 1.807) is 9.80 Å². The lowest BCUT2D eigenvalue weighted by Crippen LogP contribution is -2.52. The second-order valence-electron chi connectivity index (χ2n) is 24.1. The van der Waals surface area contributed by atoms with Crippen LogP contribution in [-0.2, 0) is 51.2 Å². The minimum absolute atomic E-state index is 0.0496. The van der Waals surface area contributed by atoms with Gasteiger partial charge < -0.3 is 66.4 Å². The Labute approximate surface area is 532 Å². The highest BCUT2D eigenvalue weighted by molar-refractivity contribution is 5.86. The molecule has 3 atom stereocenters. The van der Waals surface area contributed by atoms with E-state index in [0.717, 1.165) is 108 Å². The van der Waals surface area contributed by atoms with Crippen LogP contribution in [0.5, 0.6) is 0 Å². The summed E-state index contributed by atoms with van der Waals surface area (Å²) < 4.78 is 0. The van der Waals surface area contributed by atoms with Gasteiger partial charge in [-0.25, -0.2) is 14.4 Å². The van der Waals surface area contributed by atoms with Gasteiger partial charge in [-0.05, 0) is 82.6 Å². The molecule has 1 aromatic heterocycles. The number of nitrogens with one attached hydrogen (secondary N) is 3. The number of hydrogen-bond acceptors (Lipinski definition) is 20. The van der Waals surface area contributed by atoms with E-state index in [2.05, 4.69) is 40.4 Å². The van der Waals surface area contributed by atoms with Gasteiger partial charge in [0, 0.05) is 136 Å². The molecular formula is C61H98N14O16. The first kappa shape index (κ1) is 74.3. The zero-order valence-corrected chi connectivity index (χ0v) is 52.8. The fourth-order valence-corrected chi connectivity index (χ4v) is 11.5. The van der Waals surface area contributed by atoms with E-state index < -0.39 is 66.3 Å². The van der Waals surface area contributed by atoms with Crippen molar-refractivity contribution in [1.82, 2.24) is 60.3 Å². The summed E-state index contributed by atoms with van der Waals surface area (Å²) in [4.78, 5) is 137. The Morgan fingerprint density at radius 3 is 1.47 bits per heavy atom. The van der Waals surface area contributed by atoms with Crippen LogP contribution in [-0.4, -0.2) is 296 Å². The number of carbonyl (C=O) groups excluding carboxylic acids is 2. The number of hydrogen-bond donors (Lipinski definition) is 10. The molecule has 0 radical (unpaired) electrons. The first-order chi connectivity index (χ1) is 43.6. The Morgan fingerprint density at radius 2 is 0.945 bits per heavy atom. The summed E-state index contributed by atoms with van der Waals surface area (Å²) in [6, 6.07) is 4.12. The van der Waals surface area contributed by atoms with E-state index >= 15 is 0 Å². The summed E-state index contributed by atoms with van der Waals surface area (Å²) >= 11 is 0. The Balaban J connectivity index is 1.06. The quantitative estimate of drug-likeness (QED) is 0.0424. The first-order valence-corrected chi connectivity index (χ1v) is 32.1. The van der Waals surface area contributed by atoms with Crippen molar-refractivity contribution in [3.63, 3.8) is 0 Å². The van der Waals surface area contributed by atoms with Crippen LogP contribution >= 0.6 is 0 Å². The lowest BCUT2D eigenvalue weighted by Gasteiger charge is -2.37. The number of carboxylic acids is 7. The van der Waals surface area contributed by atoms with Crippen LogP contribution in [0.25, 0.3) is 0 Å². The van der Waals surface area contributed by atoms with Crippen LogP contribution in [0.4, 0.5) is 16.7 Å². The zero-order chi connectivity index (χ0) is 66.1. The minimum atomic E-state index is -1.49. The van der Waals surface area contributed by atoms with Gasteiger partial charge in [-0.3, -0.25) is 53.3 Å². The van der Waals surface area contributed by atoms with Crippen molar-refractivity contribution in [3.05, 3.63) is 41.2 Å². The maximum absolute atomic E-state index is 12.4. The normalized spacial score (nSPS) is 17.9. The number of aliphatic carboxylic acids is 7. The van der Waals surface area contributed by atoms with E-state index in [-0.39, 0.29) is 50.8 Å². The Kier molecular flexibility index (Phi) is 33.1. The van der Waals surface area contributed by atoms with Gasteiger partial charge in [-0.1, -0.05) is 62.8 Å². The summed E-state index contributed by atoms with van der Waals surface area (Å²) in [6.07, 6.45) is 10.4. The molecule has 3 saturated heterocycles. The highest BCUT2D eigenvalue weighted by Gasteiger charge is 2.29. The summed E-state index contributed by atoms with van der Waals surface area (Å²) in [7, 11) is 1.94. The fraction of sp³-hybridized carbons (Fsp3) is 0.705. The van der Waals surface area contributed by atoms with E-state index in [9.17, 15) is 73.8 Å². The lowest BCUT2D eigenvalue weighted by molar-refractivity contribution is -0.141. The summed E-state index contributed by atoms with van der Waals surface area (Å²) in [6.45, 7) is 10.3. The second-order valence-corrected chi connectivity index (χ2v) is 24.1. The number of aromatic nitrogens is 3. The molecule has 3 fully saturated rings. The number of urea groups is 1. The topological polar surface area (TPSA) is 396 Å². The molecule has 0 spiro atoms. The number of likely N-dealkylation sites (N-methyl/N-ethyl adjacent to an activating group) is 1. The molecule has 3 amide bonds. The molecule has 91 heavy (non-hydrogen) atoms. The van der Waals surface area contributed by atoms with Gasteiger partial charge in [0.2, 0.25) is 17.8 Å². The third-order valence-corrected chi connectivity index (χ3v) is 16.7. The van der Waals surface area contributed by atoms with Gasteiger partial charge in [0.15, 0.2) is 0 Å². The Hall–Kier alpha value is -7.38. The summed E-state index contributed by atoms with van der Waals surface area (Å²) in [5.74, 6) is -5.95. The Bertz CT molecular complexity index is 2630. The van der Waals surface area contributed by atoms with Crippen LogP contribution in [0.3, 0.4) is 0 Å². The van der Waals surface area contributed by atoms with Crippen LogP contribution in [0.2, 0.25) is 0 Å². The standard InChI is InChI=1S/C61H98N14O16/c1-68-25-26-71(42-54(81)82)27-28-72(43-55(83)84)33-38-75(44-56(85)86)47(41-68)39-45-16-18-46(19-17-45)40-50-65-59(67-60(66-50)74-36-31-70(32-37-74)24-12-15-52(77)78)73-34-29-69(30-35-73)23-11-7-5-3-2-4-6-8-14-51(76)62-22-10-9-13-48(57(87)88)63-61(91)64-49(58(89)90)20-21-53(79)80/h16-19,47-49H,2-15,20-44H2,1H3,(H,62,76)(H,77,78)(H,79,80)(H,81,82)(H,83,84)(H,85,86)(H,87,88)(H,89,90)(H2,63,64,91)/t47?,48-,49-/m0/s1. The lowest BCUT2D eigenvalue weighted by atomic mass is 10.0. The smallest absolute Gasteiger partial charge is 0.326 e. The molecule has 3 aliphatic heterocycles. The number of piperazine rings is 2. The molecule has 0 aliphatic carbocycles. The molecule has 4 heterocycles. The molecule has 508 valence electrons. The van der Waals surface area contributed by atoms with E-state index in [4.69, 9.17) is 20.1 Å². The van der Waals surface area contributed by atoms with Crippen molar-refractivity contribution in [2.24, 2.45) is 0 Å². The van der Waals surface area contributed by atoms with Crippen molar-refractivity contribution in [2.75, 3.05) is 154 Å².